The number of carbonyl (C=O) groups excluding carboxylic acids is 2. The van der Waals surface area contributed by atoms with Crippen LogP contribution in [0.4, 0.5) is 5.69 Å². The first-order valence-corrected chi connectivity index (χ1v) is 5.42. The second kappa shape index (κ2) is 5.65. The van der Waals surface area contributed by atoms with Crippen LogP contribution in [0, 0.1) is 0 Å². The number of anilines is 1. The van der Waals surface area contributed by atoms with Crippen LogP contribution in [0.5, 0.6) is 0 Å². The molecule has 6 heteroatoms. The number of rotatable bonds is 4. The minimum absolute atomic E-state index is 0.205. The van der Waals surface area contributed by atoms with Crippen LogP contribution in [-0.2, 0) is 4.79 Å². The molecule has 1 atom stereocenters. The minimum Gasteiger partial charge on any atom is -0.366 e. The molecule has 0 aromatic heterocycles. The normalized spacial score (nSPS) is 11.9. The fraction of sp³-hybridized carbons (Fsp3) is 0.273. The van der Waals surface area contributed by atoms with Gasteiger partial charge in [-0.15, -0.1) is 0 Å². The molecule has 0 saturated heterocycles. The molecule has 0 aliphatic carbocycles. The van der Waals surface area contributed by atoms with E-state index in [1.165, 1.54) is 12.1 Å². The van der Waals surface area contributed by atoms with Gasteiger partial charge in [0.2, 0.25) is 11.8 Å². The first kappa shape index (κ1) is 13.5. The molecule has 0 heterocycles. The van der Waals surface area contributed by atoms with E-state index in [-0.39, 0.29) is 29.0 Å². The zero-order valence-electron chi connectivity index (χ0n) is 9.37. The maximum Gasteiger partial charge on any atom is 0.250 e. The number of benzene rings is 1. The van der Waals surface area contributed by atoms with E-state index < -0.39 is 5.91 Å². The molecule has 5 N–H and O–H groups in total. The third-order valence-corrected chi connectivity index (χ3v) is 2.34. The standard InChI is InChI=1S/C11H14ClN3O2/c1-6(13)4-10(16)15-7-2-3-8(11(14)17)9(12)5-7/h2-3,5-6H,4,13H2,1H3,(H2,14,17)(H,15,16). The van der Waals surface area contributed by atoms with Crippen molar-refractivity contribution in [2.45, 2.75) is 19.4 Å². The molecule has 0 aliphatic rings. The molecule has 1 unspecified atom stereocenters. The number of halogens is 1. The van der Waals surface area contributed by atoms with Crippen LogP contribution in [0.15, 0.2) is 18.2 Å². The highest BCUT2D eigenvalue weighted by molar-refractivity contribution is 6.34. The molecule has 0 aliphatic heterocycles. The van der Waals surface area contributed by atoms with Crippen molar-refractivity contribution in [1.82, 2.24) is 0 Å². The van der Waals surface area contributed by atoms with E-state index in [2.05, 4.69) is 5.32 Å². The second-order valence-corrected chi connectivity index (χ2v) is 4.20. The van der Waals surface area contributed by atoms with Crippen LogP contribution in [0.25, 0.3) is 0 Å². The minimum atomic E-state index is -0.608. The van der Waals surface area contributed by atoms with Crippen molar-refractivity contribution in [1.29, 1.82) is 0 Å². The number of hydrogen-bond donors (Lipinski definition) is 3. The van der Waals surface area contributed by atoms with E-state index >= 15 is 0 Å². The van der Waals surface area contributed by atoms with E-state index in [4.69, 9.17) is 23.1 Å². The Morgan fingerprint density at radius 2 is 2.12 bits per heavy atom. The SMILES string of the molecule is CC(N)CC(=O)Nc1ccc(C(N)=O)c(Cl)c1. The highest BCUT2D eigenvalue weighted by atomic mass is 35.5. The summed E-state index contributed by atoms with van der Waals surface area (Å²) < 4.78 is 0. The lowest BCUT2D eigenvalue weighted by atomic mass is 10.2. The van der Waals surface area contributed by atoms with Gasteiger partial charge in [-0.2, -0.15) is 0 Å². The summed E-state index contributed by atoms with van der Waals surface area (Å²) in [6, 6.07) is 4.29. The zero-order valence-corrected chi connectivity index (χ0v) is 10.1. The molecule has 1 rings (SSSR count). The number of nitrogens with two attached hydrogens (primary N) is 2. The Hall–Kier alpha value is -1.59. The predicted molar refractivity (Wildman–Crippen MR) is 66.9 cm³/mol. The van der Waals surface area contributed by atoms with Gasteiger partial charge >= 0.3 is 0 Å². The molecule has 5 nitrogen and oxygen atoms in total. The largest absolute Gasteiger partial charge is 0.366 e. The predicted octanol–water partition coefficient (Wildman–Crippen LogP) is 1.11. The summed E-state index contributed by atoms with van der Waals surface area (Å²) >= 11 is 5.84. The third-order valence-electron chi connectivity index (χ3n) is 2.03. The van der Waals surface area contributed by atoms with E-state index in [1.54, 1.807) is 13.0 Å². The Morgan fingerprint density at radius 3 is 2.59 bits per heavy atom. The van der Waals surface area contributed by atoms with Crippen molar-refractivity contribution in [3.8, 4) is 0 Å². The Balaban J connectivity index is 2.77. The highest BCUT2D eigenvalue weighted by Crippen LogP contribution is 2.20. The maximum absolute atomic E-state index is 11.4. The van der Waals surface area contributed by atoms with Crippen LogP contribution in [0.2, 0.25) is 5.02 Å². The van der Waals surface area contributed by atoms with Crippen molar-refractivity contribution in [3.63, 3.8) is 0 Å². The van der Waals surface area contributed by atoms with Crippen LogP contribution in [0.1, 0.15) is 23.7 Å². The fourth-order valence-electron chi connectivity index (χ4n) is 1.30. The lowest BCUT2D eigenvalue weighted by molar-refractivity contribution is -0.116. The average molecular weight is 256 g/mol. The molecule has 0 bridgehead atoms. The number of amides is 2. The van der Waals surface area contributed by atoms with Gasteiger partial charge in [0.05, 0.1) is 10.6 Å². The summed E-state index contributed by atoms with van der Waals surface area (Å²) in [5, 5.41) is 2.83. The van der Waals surface area contributed by atoms with E-state index in [9.17, 15) is 9.59 Å². The van der Waals surface area contributed by atoms with Crippen molar-refractivity contribution in [3.05, 3.63) is 28.8 Å². The van der Waals surface area contributed by atoms with Crippen molar-refractivity contribution in [2.75, 3.05) is 5.32 Å². The lowest BCUT2D eigenvalue weighted by Crippen LogP contribution is -2.24. The van der Waals surface area contributed by atoms with Gasteiger partial charge in [-0.25, -0.2) is 0 Å². The Morgan fingerprint density at radius 1 is 1.47 bits per heavy atom. The summed E-state index contributed by atoms with van der Waals surface area (Å²) in [5.74, 6) is -0.814. The molecular weight excluding hydrogens is 242 g/mol. The second-order valence-electron chi connectivity index (χ2n) is 3.79. The molecule has 17 heavy (non-hydrogen) atoms. The molecular formula is C11H14ClN3O2. The van der Waals surface area contributed by atoms with E-state index in [0.717, 1.165) is 0 Å². The summed E-state index contributed by atoms with van der Waals surface area (Å²) in [5.41, 5.74) is 11.3. The van der Waals surface area contributed by atoms with E-state index in [1.807, 2.05) is 0 Å². The summed E-state index contributed by atoms with van der Waals surface area (Å²) in [6.07, 6.45) is 0.217. The molecule has 0 fully saturated rings. The first-order valence-electron chi connectivity index (χ1n) is 5.05. The van der Waals surface area contributed by atoms with Crippen LogP contribution in [-0.4, -0.2) is 17.9 Å². The van der Waals surface area contributed by atoms with Crippen molar-refractivity contribution in [2.24, 2.45) is 11.5 Å². The average Bonchev–Trinajstić information content (AvgIpc) is 2.15. The summed E-state index contributed by atoms with van der Waals surface area (Å²) in [7, 11) is 0. The topological polar surface area (TPSA) is 98.2 Å². The Kier molecular flexibility index (Phi) is 4.48. The van der Waals surface area contributed by atoms with Gasteiger partial charge in [0.1, 0.15) is 0 Å². The fourth-order valence-corrected chi connectivity index (χ4v) is 1.57. The monoisotopic (exact) mass is 255 g/mol. The molecule has 1 aromatic carbocycles. The molecule has 1 aromatic rings. The molecule has 2 amide bonds. The van der Waals surface area contributed by atoms with Crippen molar-refractivity contribution >= 4 is 29.1 Å². The van der Waals surface area contributed by atoms with Crippen LogP contribution in [0.3, 0.4) is 0 Å². The Labute approximate surface area is 104 Å². The van der Waals surface area contributed by atoms with Crippen LogP contribution >= 0.6 is 11.6 Å². The quantitative estimate of drug-likeness (QED) is 0.752. The van der Waals surface area contributed by atoms with Crippen LogP contribution < -0.4 is 16.8 Å². The maximum atomic E-state index is 11.4. The molecule has 0 saturated carbocycles. The van der Waals surface area contributed by atoms with Gasteiger partial charge in [-0.1, -0.05) is 11.6 Å². The molecule has 0 radical (unpaired) electrons. The zero-order chi connectivity index (χ0) is 13.0. The third kappa shape index (κ3) is 4.05. The van der Waals surface area contributed by atoms with Gasteiger partial charge in [-0.3, -0.25) is 9.59 Å². The molecule has 92 valence electrons. The smallest absolute Gasteiger partial charge is 0.250 e. The van der Waals surface area contributed by atoms with Crippen molar-refractivity contribution < 1.29 is 9.59 Å². The number of primary amides is 1. The first-order chi connectivity index (χ1) is 7.90. The number of carbonyl (C=O) groups is 2. The molecule has 0 spiro atoms. The van der Waals surface area contributed by atoms with Gasteiger partial charge in [0.25, 0.3) is 0 Å². The number of hydrogen-bond acceptors (Lipinski definition) is 3. The van der Waals surface area contributed by atoms with Gasteiger partial charge in [-0.05, 0) is 25.1 Å². The lowest BCUT2D eigenvalue weighted by Gasteiger charge is -2.08. The van der Waals surface area contributed by atoms with E-state index in [0.29, 0.717) is 5.69 Å². The Bertz CT molecular complexity index is 446. The van der Waals surface area contributed by atoms with Gasteiger partial charge < -0.3 is 16.8 Å². The summed E-state index contributed by atoms with van der Waals surface area (Å²) in [4.78, 5) is 22.4. The van der Waals surface area contributed by atoms with Gasteiger partial charge in [0, 0.05) is 18.2 Å². The summed E-state index contributed by atoms with van der Waals surface area (Å²) in [6.45, 7) is 1.74. The number of nitrogens with one attached hydrogen (secondary N) is 1. The highest BCUT2D eigenvalue weighted by Gasteiger charge is 2.09. The van der Waals surface area contributed by atoms with Gasteiger partial charge in [0.15, 0.2) is 0 Å².